The van der Waals surface area contributed by atoms with Crippen molar-refractivity contribution >= 4 is 10.9 Å². The van der Waals surface area contributed by atoms with Crippen LogP contribution in [0.5, 0.6) is 0 Å². The van der Waals surface area contributed by atoms with Gasteiger partial charge in [-0.05, 0) is 26.3 Å². The number of nitrogens with zero attached hydrogens (tertiary/aromatic N) is 4. The Hall–Kier alpha value is -1.83. The van der Waals surface area contributed by atoms with Gasteiger partial charge in [0, 0.05) is 38.5 Å². The summed E-state index contributed by atoms with van der Waals surface area (Å²) in [5.74, 6) is 0.834. The molecule has 3 atom stereocenters. The van der Waals surface area contributed by atoms with Crippen LogP contribution in [0.2, 0.25) is 0 Å². The predicted molar refractivity (Wildman–Crippen MR) is 107 cm³/mol. The van der Waals surface area contributed by atoms with Gasteiger partial charge in [0.05, 0.1) is 36.3 Å². The molecule has 1 unspecified atom stereocenters. The van der Waals surface area contributed by atoms with Crippen molar-refractivity contribution < 1.29 is 4.74 Å². The Labute approximate surface area is 160 Å². The molecule has 0 bridgehead atoms. The van der Waals surface area contributed by atoms with Crippen LogP contribution in [0.3, 0.4) is 0 Å². The maximum atomic E-state index is 13.2. The van der Waals surface area contributed by atoms with Gasteiger partial charge in [0.2, 0.25) is 0 Å². The Bertz CT molecular complexity index is 812. The first-order valence-electron chi connectivity index (χ1n) is 9.88. The molecular formula is C20H31N5O2. The van der Waals surface area contributed by atoms with Crippen LogP contribution < -0.4 is 10.9 Å². The number of hydrogen-bond donors (Lipinski definition) is 1. The average Bonchev–Trinajstić information content (AvgIpc) is 2.64. The summed E-state index contributed by atoms with van der Waals surface area (Å²) in [7, 11) is 1.66. The van der Waals surface area contributed by atoms with Crippen LogP contribution in [0.1, 0.15) is 45.5 Å². The zero-order valence-electron chi connectivity index (χ0n) is 16.8. The van der Waals surface area contributed by atoms with E-state index in [0.29, 0.717) is 36.1 Å². The van der Waals surface area contributed by atoms with Gasteiger partial charge in [0.25, 0.3) is 5.56 Å². The summed E-state index contributed by atoms with van der Waals surface area (Å²) in [5, 5.41) is 4.20. The van der Waals surface area contributed by atoms with Gasteiger partial charge in [-0.25, -0.2) is 4.98 Å². The Morgan fingerprint density at radius 2 is 2.07 bits per heavy atom. The van der Waals surface area contributed by atoms with Gasteiger partial charge in [-0.15, -0.1) is 0 Å². The molecule has 2 aromatic heterocycles. The van der Waals surface area contributed by atoms with Gasteiger partial charge >= 0.3 is 0 Å². The molecular weight excluding hydrogens is 342 g/mol. The standard InChI is InChI=1S/C20H31N5O2/c1-5-6-18(24-12-14(2)22-15(3)13-24)19-23-17-11-21-8-7-16(17)20(26)25(19)9-10-27-4/h7-8,11,14-15,18,22H,5-6,9-10,12-13H2,1-4H3/t14-,15+,18?. The second-order valence-electron chi connectivity index (χ2n) is 7.54. The summed E-state index contributed by atoms with van der Waals surface area (Å²) in [6.45, 7) is 9.48. The zero-order valence-corrected chi connectivity index (χ0v) is 16.8. The van der Waals surface area contributed by atoms with E-state index in [0.717, 1.165) is 31.8 Å². The van der Waals surface area contributed by atoms with Crippen LogP contribution >= 0.6 is 0 Å². The number of nitrogens with one attached hydrogen (secondary N) is 1. The summed E-state index contributed by atoms with van der Waals surface area (Å²) in [6.07, 6.45) is 5.33. The summed E-state index contributed by atoms with van der Waals surface area (Å²) >= 11 is 0. The lowest BCUT2D eigenvalue weighted by atomic mass is 10.0. The van der Waals surface area contributed by atoms with Crippen LogP contribution in [0, 0.1) is 0 Å². The van der Waals surface area contributed by atoms with Crippen LogP contribution in [-0.4, -0.2) is 58.3 Å². The lowest BCUT2D eigenvalue weighted by Crippen LogP contribution is -2.55. The van der Waals surface area contributed by atoms with E-state index in [1.807, 2.05) is 4.57 Å². The van der Waals surface area contributed by atoms with Crippen molar-refractivity contribution in [2.24, 2.45) is 0 Å². The van der Waals surface area contributed by atoms with E-state index in [1.165, 1.54) is 0 Å². The number of methoxy groups -OCH3 is 1. The number of fused-ring (bicyclic) bond motifs is 1. The predicted octanol–water partition coefficient (Wildman–Crippen LogP) is 1.96. The van der Waals surface area contributed by atoms with E-state index >= 15 is 0 Å². The third-order valence-electron chi connectivity index (χ3n) is 5.19. The fourth-order valence-corrected chi connectivity index (χ4v) is 4.11. The monoisotopic (exact) mass is 373 g/mol. The number of pyridine rings is 1. The van der Waals surface area contributed by atoms with Gasteiger partial charge in [0.1, 0.15) is 5.82 Å². The van der Waals surface area contributed by atoms with Crippen molar-refractivity contribution in [1.29, 1.82) is 0 Å². The third kappa shape index (κ3) is 4.36. The molecule has 3 rings (SSSR count). The molecule has 0 aliphatic carbocycles. The highest BCUT2D eigenvalue weighted by molar-refractivity contribution is 5.76. The smallest absolute Gasteiger partial charge is 0.261 e. The first kappa shape index (κ1) is 19.9. The van der Waals surface area contributed by atoms with Crippen LogP contribution in [0.4, 0.5) is 0 Å². The maximum absolute atomic E-state index is 13.2. The first-order chi connectivity index (χ1) is 13.0. The Balaban J connectivity index is 2.10. The topological polar surface area (TPSA) is 72.3 Å². The highest BCUT2D eigenvalue weighted by Gasteiger charge is 2.30. The van der Waals surface area contributed by atoms with Gasteiger partial charge < -0.3 is 10.1 Å². The minimum absolute atomic E-state index is 0.00761. The molecule has 2 aromatic rings. The molecule has 148 valence electrons. The molecule has 7 nitrogen and oxygen atoms in total. The third-order valence-corrected chi connectivity index (χ3v) is 5.19. The molecule has 0 amide bonds. The van der Waals surface area contributed by atoms with E-state index in [9.17, 15) is 4.79 Å². The molecule has 3 heterocycles. The second-order valence-corrected chi connectivity index (χ2v) is 7.54. The van der Waals surface area contributed by atoms with E-state index in [4.69, 9.17) is 9.72 Å². The summed E-state index contributed by atoms with van der Waals surface area (Å²) < 4.78 is 7.07. The highest BCUT2D eigenvalue weighted by atomic mass is 16.5. The van der Waals surface area contributed by atoms with E-state index in [-0.39, 0.29) is 11.6 Å². The zero-order chi connectivity index (χ0) is 19.4. The van der Waals surface area contributed by atoms with Gasteiger partial charge in [0.15, 0.2) is 0 Å². The number of hydrogen-bond acceptors (Lipinski definition) is 6. The maximum Gasteiger partial charge on any atom is 0.261 e. The quantitative estimate of drug-likeness (QED) is 0.800. The molecule has 0 saturated carbocycles. The average molecular weight is 374 g/mol. The number of ether oxygens (including phenoxy) is 1. The Morgan fingerprint density at radius 3 is 2.74 bits per heavy atom. The molecule has 0 aromatic carbocycles. The van der Waals surface area contributed by atoms with Crippen molar-refractivity contribution in [2.45, 2.75) is 58.3 Å². The molecule has 0 spiro atoms. The fourth-order valence-electron chi connectivity index (χ4n) is 4.11. The molecule has 0 radical (unpaired) electrons. The van der Waals surface area contributed by atoms with Crippen LogP contribution in [0.25, 0.3) is 10.9 Å². The normalized spacial score (nSPS) is 22.2. The SMILES string of the molecule is CCCC(c1nc2cnccc2c(=O)n1CCOC)N1C[C@@H](C)N[C@@H](C)C1. The first-order valence-corrected chi connectivity index (χ1v) is 9.88. The summed E-state index contributed by atoms with van der Waals surface area (Å²) in [6, 6.07) is 2.68. The lowest BCUT2D eigenvalue weighted by Gasteiger charge is -2.41. The molecule has 27 heavy (non-hydrogen) atoms. The summed E-state index contributed by atoms with van der Waals surface area (Å²) in [4.78, 5) is 24.7. The highest BCUT2D eigenvalue weighted by Crippen LogP contribution is 2.27. The van der Waals surface area contributed by atoms with E-state index in [2.05, 4.69) is 36.0 Å². The number of piperazine rings is 1. The van der Waals surface area contributed by atoms with Crippen molar-refractivity contribution in [3.8, 4) is 0 Å². The van der Waals surface area contributed by atoms with Crippen molar-refractivity contribution in [3.63, 3.8) is 0 Å². The molecule has 1 N–H and O–H groups in total. The minimum Gasteiger partial charge on any atom is -0.383 e. The largest absolute Gasteiger partial charge is 0.383 e. The van der Waals surface area contributed by atoms with Gasteiger partial charge in [-0.3, -0.25) is 19.2 Å². The van der Waals surface area contributed by atoms with Crippen molar-refractivity contribution in [1.82, 2.24) is 24.8 Å². The van der Waals surface area contributed by atoms with Crippen LogP contribution in [0.15, 0.2) is 23.3 Å². The Kier molecular flexibility index (Phi) is 6.57. The molecule has 1 saturated heterocycles. The van der Waals surface area contributed by atoms with E-state index < -0.39 is 0 Å². The van der Waals surface area contributed by atoms with Crippen molar-refractivity contribution in [3.05, 3.63) is 34.6 Å². The number of aromatic nitrogens is 3. The molecule has 7 heteroatoms. The molecule has 1 fully saturated rings. The second kappa shape index (κ2) is 8.91. The van der Waals surface area contributed by atoms with Gasteiger partial charge in [-0.2, -0.15) is 0 Å². The lowest BCUT2D eigenvalue weighted by molar-refractivity contribution is 0.106. The minimum atomic E-state index is -0.00761. The van der Waals surface area contributed by atoms with Crippen LogP contribution in [-0.2, 0) is 11.3 Å². The molecule has 1 aliphatic rings. The fraction of sp³-hybridized carbons (Fsp3) is 0.650. The van der Waals surface area contributed by atoms with E-state index in [1.54, 1.807) is 25.6 Å². The number of rotatable bonds is 7. The summed E-state index contributed by atoms with van der Waals surface area (Å²) in [5.41, 5.74) is 0.662. The van der Waals surface area contributed by atoms with Gasteiger partial charge in [-0.1, -0.05) is 13.3 Å². The Morgan fingerprint density at radius 1 is 1.33 bits per heavy atom. The molecule has 1 aliphatic heterocycles. The van der Waals surface area contributed by atoms with Crippen molar-refractivity contribution in [2.75, 3.05) is 26.8 Å².